The van der Waals surface area contributed by atoms with E-state index in [0.717, 1.165) is 0 Å². The monoisotopic (exact) mass is 576 g/mol. The van der Waals surface area contributed by atoms with Crippen LogP contribution in [0.25, 0.3) is 5.52 Å². The Hall–Kier alpha value is -3.39. The molecule has 1 aliphatic heterocycles. The number of hydrogen-bond acceptors (Lipinski definition) is 12. The van der Waals surface area contributed by atoms with Crippen LogP contribution in [0.5, 0.6) is 5.75 Å². The first kappa shape index (κ1) is 29.6. The van der Waals surface area contributed by atoms with E-state index < -0.39 is 56.4 Å². The number of carbonyl (C=O) groups excluding carboxylic acids is 1. The van der Waals surface area contributed by atoms with Crippen molar-refractivity contribution < 1.29 is 38.1 Å². The van der Waals surface area contributed by atoms with E-state index in [4.69, 9.17) is 24.3 Å². The minimum Gasteiger partial charge on any atom is -0.462 e. The van der Waals surface area contributed by atoms with E-state index in [9.17, 15) is 19.6 Å². The van der Waals surface area contributed by atoms with Crippen molar-refractivity contribution in [2.45, 2.75) is 56.8 Å². The van der Waals surface area contributed by atoms with Gasteiger partial charge < -0.3 is 29.9 Å². The number of benzene rings is 1. The Labute approximate surface area is 230 Å². The van der Waals surface area contributed by atoms with Crippen LogP contribution in [0.2, 0.25) is 0 Å². The molecule has 40 heavy (non-hydrogen) atoms. The van der Waals surface area contributed by atoms with Crippen LogP contribution in [0.15, 0.2) is 53.8 Å². The average Bonchev–Trinajstić information content (AvgIpc) is 3.45. The largest absolute Gasteiger partial charge is 0.462 e. The highest BCUT2D eigenvalue weighted by Crippen LogP contribution is 2.47. The van der Waals surface area contributed by atoms with Crippen LogP contribution in [0.1, 0.15) is 26.5 Å². The molecule has 1 aliphatic rings. The summed E-state index contributed by atoms with van der Waals surface area (Å²) in [5, 5.41) is 29.0. The lowest BCUT2D eigenvalue weighted by Gasteiger charge is -2.28. The maximum absolute atomic E-state index is 13.8. The van der Waals surface area contributed by atoms with E-state index in [1.165, 1.54) is 31.0 Å². The summed E-state index contributed by atoms with van der Waals surface area (Å²) in [5.41, 5.74) is 5.07. The van der Waals surface area contributed by atoms with Crippen LogP contribution in [0.4, 0.5) is 5.82 Å². The van der Waals surface area contributed by atoms with Crippen LogP contribution >= 0.6 is 7.75 Å². The fourth-order valence-corrected chi connectivity index (χ4v) is 5.81. The Morgan fingerprint density at radius 1 is 1.27 bits per heavy atom. The Bertz CT molecular complexity index is 1400. The molecule has 3 aromatic rings. The Morgan fingerprint density at radius 3 is 2.67 bits per heavy atom. The number of hydrogen-bond donors (Lipinski definition) is 4. The molecule has 1 saturated heterocycles. The van der Waals surface area contributed by atoms with Gasteiger partial charge in [0.2, 0.25) is 0 Å². The van der Waals surface area contributed by atoms with Crippen LogP contribution < -0.4 is 15.3 Å². The number of carbonyl (C=O) groups is 1. The summed E-state index contributed by atoms with van der Waals surface area (Å²) in [6.07, 6.45) is -2.05. The van der Waals surface area contributed by atoms with Crippen LogP contribution in [-0.4, -0.2) is 81.1 Å². The predicted molar refractivity (Wildman–Crippen MR) is 145 cm³/mol. The van der Waals surface area contributed by atoms with Crippen molar-refractivity contribution in [3.8, 4) is 5.75 Å². The first-order chi connectivity index (χ1) is 19.0. The van der Waals surface area contributed by atoms with Crippen molar-refractivity contribution in [2.24, 2.45) is 4.99 Å². The second-order valence-corrected chi connectivity index (χ2v) is 11.2. The molecular formula is C25H33N6O8P. The number of ether oxygens (including phenoxy) is 2. The lowest BCUT2D eigenvalue weighted by molar-refractivity contribution is -0.149. The summed E-state index contributed by atoms with van der Waals surface area (Å²) >= 11 is 0. The van der Waals surface area contributed by atoms with Crippen LogP contribution in [0, 0.1) is 0 Å². The Morgan fingerprint density at radius 2 is 2.00 bits per heavy atom. The highest BCUT2D eigenvalue weighted by atomic mass is 31.2. The van der Waals surface area contributed by atoms with Gasteiger partial charge in [0.25, 0.3) is 0 Å². The molecule has 6 atom stereocenters. The standard InChI is InChI=1S/C25H33N6O8P/c1-15(2)37-24(34)16(3)30-40(35,39-17-8-6-5-7-9-17)36-12-19-21(32)22(33)25(38-19,13-27-4)20-11-10-18-23(26)28-14-29-31(18)20/h5-11,13-16,19,21-22,32-33H,12H2,1-4H3,(H,30,35)(H2,26,28,29)/t16-,19+,21+,22+,25-,40-/m0/s1. The number of nitrogens with two attached hydrogens (primary N) is 1. The van der Waals surface area contributed by atoms with Gasteiger partial charge in [-0.1, -0.05) is 18.2 Å². The molecule has 0 radical (unpaired) electrons. The zero-order valence-electron chi connectivity index (χ0n) is 22.4. The zero-order valence-corrected chi connectivity index (χ0v) is 23.3. The number of aromatic nitrogens is 3. The number of fused-ring (bicyclic) bond motifs is 1. The Balaban J connectivity index is 1.60. The molecule has 0 amide bonds. The second kappa shape index (κ2) is 12.0. The maximum Gasteiger partial charge on any atom is 0.459 e. The lowest BCUT2D eigenvalue weighted by Crippen LogP contribution is -2.43. The number of nitrogens with one attached hydrogen (secondary N) is 1. The van der Waals surface area contributed by atoms with Crippen LogP contribution in [-0.2, 0) is 29.0 Å². The number of esters is 1. The summed E-state index contributed by atoms with van der Waals surface area (Å²) in [5.74, 6) is -0.254. The molecule has 0 aliphatic carbocycles. The number of aliphatic hydroxyl groups excluding tert-OH is 2. The number of para-hydroxylation sites is 1. The molecule has 0 saturated carbocycles. The summed E-state index contributed by atoms with van der Waals surface area (Å²) < 4.78 is 37.9. The van der Waals surface area contributed by atoms with Gasteiger partial charge in [-0.05, 0) is 45.0 Å². The maximum atomic E-state index is 13.8. The third-order valence-corrected chi connectivity index (χ3v) is 7.77. The molecule has 15 heteroatoms. The third kappa shape index (κ3) is 6.02. The van der Waals surface area contributed by atoms with Crippen molar-refractivity contribution in [2.75, 3.05) is 19.4 Å². The molecular weight excluding hydrogens is 543 g/mol. The molecule has 0 unspecified atom stereocenters. The van der Waals surface area contributed by atoms with E-state index in [2.05, 4.69) is 20.2 Å². The first-order valence-corrected chi connectivity index (χ1v) is 14.1. The van der Waals surface area contributed by atoms with Gasteiger partial charge in [-0.2, -0.15) is 10.2 Å². The topological polar surface area (TPSA) is 192 Å². The lowest BCUT2D eigenvalue weighted by atomic mass is 9.92. The van der Waals surface area contributed by atoms with E-state index in [-0.39, 0.29) is 11.6 Å². The highest BCUT2D eigenvalue weighted by molar-refractivity contribution is 7.52. The van der Waals surface area contributed by atoms with Crippen LogP contribution in [0.3, 0.4) is 0 Å². The summed E-state index contributed by atoms with van der Waals surface area (Å²) in [6.45, 7) is 4.33. The normalized spacial score (nSPS) is 25.3. The molecule has 1 fully saturated rings. The number of aliphatic imine (C=N–C) groups is 1. The zero-order chi connectivity index (χ0) is 29.1. The van der Waals surface area contributed by atoms with E-state index in [1.807, 2.05) is 0 Å². The SMILES string of the molecule is CN=C[C@@]1(c2ccc3c(N)ncnn23)O[C@H](CO[P@@](=O)(N[C@@H](C)C(=O)OC(C)C)Oc2ccccc2)[C@@H](O)[C@H]1O. The van der Waals surface area contributed by atoms with Gasteiger partial charge in [0.05, 0.1) is 18.4 Å². The van der Waals surface area contributed by atoms with Gasteiger partial charge in [0.15, 0.2) is 11.4 Å². The first-order valence-electron chi connectivity index (χ1n) is 12.5. The van der Waals surface area contributed by atoms with Gasteiger partial charge in [-0.15, -0.1) is 0 Å². The van der Waals surface area contributed by atoms with Gasteiger partial charge in [-0.25, -0.2) is 14.1 Å². The predicted octanol–water partition coefficient (Wildman–Crippen LogP) is 1.46. The quantitative estimate of drug-likeness (QED) is 0.146. The molecule has 0 spiro atoms. The van der Waals surface area contributed by atoms with E-state index in [1.54, 1.807) is 56.3 Å². The second-order valence-electron chi connectivity index (χ2n) is 9.47. The van der Waals surface area contributed by atoms with Crippen molar-refractivity contribution in [1.29, 1.82) is 0 Å². The van der Waals surface area contributed by atoms with Crippen molar-refractivity contribution >= 4 is 31.3 Å². The Kier molecular flexibility index (Phi) is 8.88. The number of aliphatic hydroxyl groups is 2. The molecule has 3 heterocycles. The number of rotatable bonds is 11. The fraction of sp³-hybridized carbons (Fsp3) is 0.440. The third-order valence-electron chi connectivity index (χ3n) is 6.13. The van der Waals surface area contributed by atoms with Crippen molar-refractivity contribution in [1.82, 2.24) is 19.7 Å². The molecule has 4 rings (SSSR count). The van der Waals surface area contributed by atoms with E-state index in [0.29, 0.717) is 11.2 Å². The van der Waals surface area contributed by atoms with E-state index >= 15 is 0 Å². The average molecular weight is 577 g/mol. The van der Waals surface area contributed by atoms with Gasteiger partial charge in [-0.3, -0.25) is 14.3 Å². The summed E-state index contributed by atoms with van der Waals surface area (Å²) in [7, 11) is -2.77. The van der Waals surface area contributed by atoms with Gasteiger partial charge in [0, 0.05) is 13.3 Å². The van der Waals surface area contributed by atoms with Gasteiger partial charge in [0.1, 0.15) is 41.9 Å². The summed E-state index contributed by atoms with van der Waals surface area (Å²) in [4.78, 5) is 20.4. The molecule has 0 bridgehead atoms. The molecule has 2 aromatic heterocycles. The number of anilines is 1. The molecule has 5 N–H and O–H groups in total. The molecule has 1 aromatic carbocycles. The summed E-state index contributed by atoms with van der Waals surface area (Å²) in [6, 6.07) is 10.4. The number of nitrogens with zero attached hydrogens (tertiary/aromatic N) is 4. The number of nitrogen functional groups attached to an aromatic ring is 1. The molecule has 14 nitrogen and oxygen atoms in total. The minimum atomic E-state index is -4.26. The van der Waals surface area contributed by atoms with Crippen molar-refractivity contribution in [3.05, 3.63) is 54.5 Å². The minimum absolute atomic E-state index is 0.202. The highest BCUT2D eigenvalue weighted by Gasteiger charge is 2.56. The van der Waals surface area contributed by atoms with Gasteiger partial charge >= 0.3 is 13.7 Å². The molecule has 216 valence electrons. The van der Waals surface area contributed by atoms with Crippen molar-refractivity contribution in [3.63, 3.8) is 0 Å². The smallest absolute Gasteiger partial charge is 0.459 e. The fourth-order valence-electron chi connectivity index (χ4n) is 4.31.